The molecule has 2 bridgehead atoms. The topological polar surface area (TPSA) is 87.5 Å². The molecule has 3 aliphatic carbocycles. The zero-order valence-corrected chi connectivity index (χ0v) is 22.6. The second kappa shape index (κ2) is 9.36. The maximum Gasteiger partial charge on any atom is 0.257 e. The molecule has 1 saturated heterocycles. The van der Waals surface area contributed by atoms with Crippen molar-refractivity contribution in [1.82, 2.24) is 14.9 Å². The first-order valence-corrected chi connectivity index (χ1v) is 14.4. The van der Waals surface area contributed by atoms with E-state index >= 15 is 4.39 Å². The van der Waals surface area contributed by atoms with Crippen LogP contribution < -0.4 is 15.6 Å². The lowest BCUT2D eigenvalue weighted by Crippen LogP contribution is -2.51. The molecule has 7 nitrogen and oxygen atoms in total. The van der Waals surface area contributed by atoms with E-state index < -0.39 is 28.5 Å². The number of aliphatic hydroxyl groups is 1. The molecule has 1 aliphatic heterocycles. The molecule has 7 rings (SSSR count). The van der Waals surface area contributed by atoms with E-state index in [1.54, 1.807) is 12.1 Å². The van der Waals surface area contributed by atoms with Crippen molar-refractivity contribution in [3.63, 3.8) is 0 Å². The number of benzene rings is 1. The Morgan fingerprint density at radius 3 is 2.80 bits per heavy atom. The Bertz CT molecular complexity index is 1570. The van der Waals surface area contributed by atoms with Crippen LogP contribution in [0.1, 0.15) is 62.2 Å². The van der Waals surface area contributed by atoms with Crippen molar-refractivity contribution in [3.8, 4) is 5.69 Å². The molecule has 1 aromatic carbocycles. The minimum absolute atomic E-state index is 0.0104. The van der Waals surface area contributed by atoms with Crippen LogP contribution in [0.25, 0.3) is 16.7 Å². The minimum atomic E-state index is -0.829. The van der Waals surface area contributed by atoms with Gasteiger partial charge in [0.1, 0.15) is 23.0 Å². The Kier molecular flexibility index (Phi) is 6.00. The van der Waals surface area contributed by atoms with Gasteiger partial charge in [0.2, 0.25) is 5.43 Å². The molecule has 2 aromatic heterocycles. The maximum atomic E-state index is 15.1. The fraction of sp³-hybridized carbons (Fsp3) is 0.516. The van der Waals surface area contributed by atoms with Crippen molar-refractivity contribution >= 4 is 22.8 Å². The second-order valence-electron chi connectivity index (χ2n) is 12.7. The third kappa shape index (κ3) is 4.12. The third-order valence-electron chi connectivity index (χ3n) is 10.1. The van der Waals surface area contributed by atoms with Crippen LogP contribution in [0.15, 0.2) is 41.3 Å². The number of carbonyl (C=O) groups excluding carboxylic acids is 1. The SMILES string of the molecule is CC1(NC(=O)c2cn(-c3ccc(F)cc3F)c3nc(N4CCC[C@@H]4CO)ccc3c2=O)CC2CC3CC(C1)C3C2. The number of hydrogen-bond acceptors (Lipinski definition) is 5. The quantitative estimate of drug-likeness (QED) is 0.488. The predicted molar refractivity (Wildman–Crippen MR) is 148 cm³/mol. The Labute approximate surface area is 231 Å². The summed E-state index contributed by atoms with van der Waals surface area (Å²) in [7, 11) is 0. The first-order valence-electron chi connectivity index (χ1n) is 14.4. The van der Waals surface area contributed by atoms with Crippen molar-refractivity contribution in [2.75, 3.05) is 18.1 Å². The summed E-state index contributed by atoms with van der Waals surface area (Å²) < 4.78 is 30.3. The highest BCUT2D eigenvalue weighted by Crippen LogP contribution is 2.60. The van der Waals surface area contributed by atoms with Gasteiger partial charge in [0.05, 0.1) is 23.7 Å². The van der Waals surface area contributed by atoms with Crippen molar-refractivity contribution < 1.29 is 18.7 Å². The average Bonchev–Trinajstić information content (AvgIpc) is 3.49. The van der Waals surface area contributed by atoms with Gasteiger partial charge in [-0.1, -0.05) is 0 Å². The first-order chi connectivity index (χ1) is 19.2. The summed E-state index contributed by atoms with van der Waals surface area (Å²) in [6.07, 6.45) is 8.52. The standard InChI is InChI=1S/C31H34F2N4O3/c1-31(13-17-9-18-11-19(14-31)23(18)10-17)35-30(40)24-15-37(26-6-4-20(32)12-25(26)33)29-22(28(24)39)5-7-27(34-29)36-8-2-3-21(36)16-38/h4-7,12,15,17-19,21,23,38H,2-3,8-11,13-14,16H2,1H3,(H,35,40)/t17?,18?,19?,21-,23?,31?/m1/s1. The van der Waals surface area contributed by atoms with Gasteiger partial charge in [0, 0.05) is 24.3 Å². The molecule has 9 heteroatoms. The van der Waals surface area contributed by atoms with Gasteiger partial charge < -0.3 is 15.3 Å². The molecule has 3 heterocycles. The van der Waals surface area contributed by atoms with Crippen LogP contribution in [-0.2, 0) is 0 Å². The van der Waals surface area contributed by atoms with Gasteiger partial charge in [0.25, 0.3) is 5.91 Å². The van der Waals surface area contributed by atoms with Crippen LogP contribution in [0, 0.1) is 35.3 Å². The van der Waals surface area contributed by atoms with Gasteiger partial charge >= 0.3 is 0 Å². The van der Waals surface area contributed by atoms with Crippen LogP contribution in [0.5, 0.6) is 0 Å². The number of pyridine rings is 2. The van der Waals surface area contributed by atoms with Gasteiger partial charge in [-0.2, -0.15) is 0 Å². The molecule has 3 saturated carbocycles. The highest BCUT2D eigenvalue weighted by atomic mass is 19.1. The fourth-order valence-corrected chi connectivity index (χ4v) is 8.34. The molecular weight excluding hydrogens is 514 g/mol. The Hall–Kier alpha value is -3.33. The van der Waals surface area contributed by atoms with Gasteiger partial charge in [-0.25, -0.2) is 13.8 Å². The van der Waals surface area contributed by atoms with Crippen molar-refractivity contribution in [1.29, 1.82) is 0 Å². The normalized spacial score (nSPS) is 30.8. The summed E-state index contributed by atoms with van der Waals surface area (Å²) in [6.45, 7) is 2.75. The van der Waals surface area contributed by atoms with E-state index in [1.807, 2.05) is 4.90 Å². The zero-order chi connectivity index (χ0) is 27.8. The van der Waals surface area contributed by atoms with Gasteiger partial charge in [-0.15, -0.1) is 0 Å². The van der Waals surface area contributed by atoms with Crippen molar-refractivity contribution in [2.45, 2.75) is 63.5 Å². The summed E-state index contributed by atoms with van der Waals surface area (Å²) in [5, 5.41) is 13.2. The molecule has 40 heavy (non-hydrogen) atoms. The van der Waals surface area contributed by atoms with Gasteiger partial charge in [-0.3, -0.25) is 14.2 Å². The highest BCUT2D eigenvalue weighted by molar-refractivity contribution is 5.97. The molecule has 1 amide bonds. The predicted octanol–water partition coefficient (Wildman–Crippen LogP) is 4.57. The van der Waals surface area contributed by atoms with E-state index in [-0.39, 0.29) is 34.9 Å². The number of nitrogens with one attached hydrogen (secondary N) is 1. The lowest BCUT2D eigenvalue weighted by atomic mass is 9.62. The fourth-order valence-electron chi connectivity index (χ4n) is 8.34. The van der Waals surface area contributed by atoms with E-state index in [0.29, 0.717) is 24.2 Å². The number of fused-ring (bicyclic) bond motifs is 2. The van der Waals surface area contributed by atoms with Crippen LogP contribution >= 0.6 is 0 Å². The number of carbonyl (C=O) groups is 1. The Morgan fingerprint density at radius 2 is 2.00 bits per heavy atom. The van der Waals surface area contributed by atoms with Gasteiger partial charge in [-0.05, 0) is 99.8 Å². The number of nitrogens with zero attached hydrogens (tertiary/aromatic N) is 3. The minimum Gasteiger partial charge on any atom is -0.394 e. The summed E-state index contributed by atoms with van der Waals surface area (Å²) in [4.78, 5) is 34.2. The Morgan fingerprint density at radius 1 is 1.15 bits per heavy atom. The summed E-state index contributed by atoms with van der Waals surface area (Å²) >= 11 is 0. The molecular formula is C31H34F2N4O3. The van der Waals surface area contributed by atoms with E-state index in [1.165, 1.54) is 36.1 Å². The van der Waals surface area contributed by atoms with Crippen molar-refractivity contribution in [2.24, 2.45) is 23.7 Å². The molecule has 3 aromatic rings. The van der Waals surface area contributed by atoms with Crippen LogP contribution in [-0.4, -0.2) is 45.3 Å². The molecule has 0 radical (unpaired) electrons. The molecule has 4 fully saturated rings. The summed E-state index contributed by atoms with van der Waals surface area (Å²) in [5.41, 5.74) is -0.831. The third-order valence-corrected chi connectivity index (χ3v) is 10.1. The monoisotopic (exact) mass is 548 g/mol. The number of aliphatic hydroxyl groups excluding tert-OH is 1. The number of hydrogen-bond donors (Lipinski definition) is 2. The zero-order valence-electron chi connectivity index (χ0n) is 22.6. The molecule has 4 aliphatic rings. The van der Waals surface area contributed by atoms with E-state index in [9.17, 15) is 19.1 Å². The van der Waals surface area contributed by atoms with Crippen LogP contribution in [0.3, 0.4) is 0 Å². The van der Waals surface area contributed by atoms with E-state index in [0.717, 1.165) is 49.7 Å². The van der Waals surface area contributed by atoms with Crippen molar-refractivity contribution in [3.05, 3.63) is 63.9 Å². The summed E-state index contributed by atoms with van der Waals surface area (Å²) in [5.74, 6) is 1.33. The largest absolute Gasteiger partial charge is 0.394 e. The number of anilines is 1. The highest BCUT2D eigenvalue weighted by Gasteiger charge is 2.53. The smallest absolute Gasteiger partial charge is 0.257 e. The number of halogens is 2. The first kappa shape index (κ1) is 25.6. The molecule has 2 N–H and O–H groups in total. The lowest BCUT2D eigenvalue weighted by molar-refractivity contribution is 0.0570. The molecule has 6 atom stereocenters. The summed E-state index contributed by atoms with van der Waals surface area (Å²) in [6, 6.07) is 6.43. The van der Waals surface area contributed by atoms with E-state index in [4.69, 9.17) is 4.98 Å². The Balaban J connectivity index is 1.32. The van der Waals surface area contributed by atoms with Crippen LogP contribution in [0.2, 0.25) is 0 Å². The lowest BCUT2D eigenvalue weighted by Gasteiger charge is -2.46. The van der Waals surface area contributed by atoms with Gasteiger partial charge in [0.15, 0.2) is 5.65 Å². The average molecular weight is 549 g/mol. The second-order valence-corrected chi connectivity index (χ2v) is 12.7. The molecule has 5 unspecified atom stereocenters. The van der Waals surface area contributed by atoms with E-state index in [2.05, 4.69) is 12.2 Å². The molecule has 0 spiro atoms. The van der Waals surface area contributed by atoms with Crippen LogP contribution in [0.4, 0.5) is 14.6 Å². The maximum absolute atomic E-state index is 15.1. The number of amides is 1. The number of rotatable bonds is 5. The molecule has 210 valence electrons. The number of aromatic nitrogens is 2.